The van der Waals surface area contributed by atoms with Crippen LogP contribution in [0.4, 0.5) is 0 Å². The predicted molar refractivity (Wildman–Crippen MR) is 108 cm³/mol. The Kier molecular flexibility index (Phi) is 12.3. The summed E-state index contributed by atoms with van der Waals surface area (Å²) in [6, 6.07) is 0. The van der Waals surface area contributed by atoms with E-state index in [2.05, 4.69) is 0 Å². The molecule has 14 atom stereocenters. The van der Waals surface area contributed by atoms with E-state index in [-0.39, 0.29) is 51.4 Å². The Labute approximate surface area is 241 Å². The quantitative estimate of drug-likeness (QED) is 0.127. The molecule has 11 N–H and O–H groups in total. The van der Waals surface area contributed by atoms with Crippen LogP contribution in [0.15, 0.2) is 0 Å². The Bertz CT molecular complexity index is 660. The Morgan fingerprint density at radius 3 is 1.63 bits per heavy atom. The molecule has 202 valence electrons. The monoisotopic (exact) mass is 544 g/mol. The molecular weight excluding hydrogens is 511 g/mol. The van der Waals surface area contributed by atoms with Gasteiger partial charge in [0.25, 0.3) is 0 Å². The maximum absolute atomic E-state index is 10.3. The van der Waals surface area contributed by atoms with E-state index in [1.165, 1.54) is 0 Å². The summed E-state index contributed by atoms with van der Waals surface area (Å²) in [5.41, 5.74) is 0. The molecule has 16 nitrogen and oxygen atoms in total. The van der Waals surface area contributed by atoms with Gasteiger partial charge in [-0.3, -0.25) is 0 Å². The van der Waals surface area contributed by atoms with Crippen molar-refractivity contribution in [3.8, 4) is 0 Å². The Balaban J connectivity index is 0.00000432. The number of hydrogen-bond acceptors (Lipinski definition) is 16. The van der Waals surface area contributed by atoms with Crippen LogP contribution >= 0.6 is 0 Å². The van der Waals surface area contributed by atoms with Gasteiger partial charge in [0.1, 0.15) is 73.8 Å². The first-order chi connectivity index (χ1) is 16.0. The molecule has 0 spiro atoms. The Morgan fingerprint density at radius 1 is 0.600 bits per heavy atom. The van der Waals surface area contributed by atoms with Crippen molar-refractivity contribution in [1.82, 2.24) is 0 Å². The first kappa shape index (κ1) is 32.2. The van der Waals surface area contributed by atoms with E-state index in [4.69, 9.17) is 23.7 Å². The predicted octanol–water partition coefficient (Wildman–Crippen LogP) is -8.22. The number of rotatable bonds is 8. The topological polar surface area (TPSA) is 269 Å². The third kappa shape index (κ3) is 6.43. The van der Waals surface area contributed by atoms with Gasteiger partial charge in [0.05, 0.1) is 19.8 Å². The molecule has 17 heteroatoms. The van der Waals surface area contributed by atoms with Gasteiger partial charge in [-0.1, -0.05) is 0 Å². The van der Waals surface area contributed by atoms with Gasteiger partial charge < -0.3 is 79.9 Å². The third-order valence-corrected chi connectivity index (χ3v) is 6.16. The van der Waals surface area contributed by atoms with E-state index >= 15 is 0 Å². The van der Waals surface area contributed by atoms with Gasteiger partial charge in [-0.25, -0.2) is 0 Å². The van der Waals surface area contributed by atoms with Gasteiger partial charge in [-0.2, -0.15) is 0 Å². The average Bonchev–Trinajstić information content (AvgIpc) is 3.08. The van der Waals surface area contributed by atoms with Crippen LogP contribution in [0.2, 0.25) is 0 Å². The number of aliphatic hydroxyl groups excluding tert-OH is 11. The average molecular weight is 545 g/mol. The summed E-state index contributed by atoms with van der Waals surface area (Å²) in [7, 11) is 0. The summed E-state index contributed by atoms with van der Waals surface area (Å²) in [6.45, 7) is -3.14. The van der Waals surface area contributed by atoms with Crippen LogP contribution in [0.25, 0.3) is 0 Å². The van der Waals surface area contributed by atoms with Crippen molar-refractivity contribution in [3.63, 3.8) is 0 Å². The Morgan fingerprint density at radius 2 is 1.11 bits per heavy atom. The first-order valence-corrected chi connectivity index (χ1v) is 10.6. The molecule has 0 aromatic rings. The molecule has 0 unspecified atom stereocenters. The van der Waals surface area contributed by atoms with Crippen LogP contribution in [0, 0.1) is 0 Å². The van der Waals surface area contributed by atoms with E-state index in [0.717, 1.165) is 0 Å². The van der Waals surface area contributed by atoms with Crippen molar-refractivity contribution < 1.29 is 79.9 Å². The molecule has 3 aliphatic heterocycles. The molecule has 0 aromatic carbocycles. The fraction of sp³-hybridized carbons (Fsp3) is 1.00. The van der Waals surface area contributed by atoms with Gasteiger partial charge in [-0.15, -0.1) is 0 Å². The summed E-state index contributed by atoms with van der Waals surface area (Å²) < 4.78 is 26.4. The molecule has 0 bridgehead atoms. The summed E-state index contributed by atoms with van der Waals surface area (Å²) >= 11 is 0. The Hall–Kier alpha value is 0.996. The second kappa shape index (κ2) is 13.4. The van der Waals surface area contributed by atoms with Crippen molar-refractivity contribution in [3.05, 3.63) is 0 Å². The van der Waals surface area contributed by atoms with Crippen LogP contribution in [0.5, 0.6) is 0 Å². The van der Waals surface area contributed by atoms with Crippen LogP contribution in [0.3, 0.4) is 0 Å². The molecule has 3 saturated heterocycles. The zero-order valence-electron chi connectivity index (χ0n) is 17.8. The van der Waals surface area contributed by atoms with Crippen LogP contribution in [-0.2, 0) is 23.7 Å². The molecule has 3 rings (SSSR count). The molecule has 35 heavy (non-hydrogen) atoms. The van der Waals surface area contributed by atoms with Crippen molar-refractivity contribution in [2.45, 2.75) is 85.5 Å². The van der Waals surface area contributed by atoms with Crippen LogP contribution in [-0.4, -0.2) is 219 Å². The van der Waals surface area contributed by atoms with Gasteiger partial charge in [0, 0.05) is 0 Å². The summed E-state index contributed by atoms with van der Waals surface area (Å²) in [5.74, 6) is -2.36. The fourth-order valence-corrected chi connectivity index (χ4v) is 4.01. The van der Waals surface area contributed by atoms with E-state index in [1.807, 2.05) is 0 Å². The van der Waals surface area contributed by atoms with Crippen LogP contribution in [0.1, 0.15) is 0 Å². The number of aliphatic hydroxyl groups is 11. The SMILES string of the molecule is OC[C@H]1O[C@H](OC[C@H]2O[C@H](O[C@]3(CO)O[C@H](CO)[C@@H](O)[C@@H]3O)[C@H](O)[C@@H](O)[C@@H]2O)[C@H](O)[C@@H](O)[C@H]1O.[KH]. The minimum atomic E-state index is -2.36. The third-order valence-electron chi connectivity index (χ3n) is 6.16. The van der Waals surface area contributed by atoms with Gasteiger partial charge >= 0.3 is 51.4 Å². The molecule has 3 heterocycles. The number of ether oxygens (including phenoxy) is 5. The zero-order chi connectivity index (χ0) is 25.4. The molecule has 0 radical (unpaired) electrons. The normalized spacial score (nSPS) is 50.7. The zero-order valence-corrected chi connectivity index (χ0v) is 17.8. The summed E-state index contributed by atoms with van der Waals surface area (Å²) in [6.07, 6.45) is -21.8. The van der Waals surface area contributed by atoms with E-state index in [0.29, 0.717) is 0 Å². The van der Waals surface area contributed by atoms with E-state index < -0.39 is 112 Å². The van der Waals surface area contributed by atoms with Gasteiger partial charge in [-0.05, 0) is 0 Å². The summed E-state index contributed by atoms with van der Waals surface area (Å²) in [4.78, 5) is 0. The molecule has 0 aromatic heterocycles. The minimum absolute atomic E-state index is 0. The maximum atomic E-state index is 10.3. The van der Waals surface area contributed by atoms with Crippen molar-refractivity contribution in [1.29, 1.82) is 0 Å². The van der Waals surface area contributed by atoms with Gasteiger partial charge in [0.15, 0.2) is 12.6 Å². The number of hydrogen-bond donors (Lipinski definition) is 11. The molecule has 3 aliphatic rings. The van der Waals surface area contributed by atoms with Crippen molar-refractivity contribution in [2.24, 2.45) is 0 Å². The second-order valence-corrected chi connectivity index (χ2v) is 8.41. The molecule has 0 aliphatic carbocycles. The molecular formula is C18H33KO16. The van der Waals surface area contributed by atoms with E-state index in [1.54, 1.807) is 0 Å². The second-order valence-electron chi connectivity index (χ2n) is 8.41. The standard InChI is InChI=1S/C18H32O16.K.H/c19-1-5-8(22)11(25)13(27)16(31-5)30-3-7-9(23)12(26)14(28)17(32-7)34-18(4-21)15(29)10(24)6(2-20)33-18;;/h5-17,19-29H,1-4H2;;/t5-,6-,7-,8+,9-,10-,11+,12+,13-,14-,15+,16+,17-,18+;;/m1../s1. The molecule has 0 saturated carbocycles. The van der Waals surface area contributed by atoms with Crippen molar-refractivity contribution >= 4 is 51.4 Å². The van der Waals surface area contributed by atoms with Crippen molar-refractivity contribution in [2.75, 3.05) is 26.4 Å². The fourth-order valence-electron chi connectivity index (χ4n) is 4.01. The molecule has 3 fully saturated rings. The molecule has 0 amide bonds. The first-order valence-electron chi connectivity index (χ1n) is 10.6. The van der Waals surface area contributed by atoms with Crippen LogP contribution < -0.4 is 0 Å². The van der Waals surface area contributed by atoms with E-state index in [9.17, 15) is 56.2 Å². The summed E-state index contributed by atoms with van der Waals surface area (Å²) in [5, 5.41) is 109. The van der Waals surface area contributed by atoms with Gasteiger partial charge in [0.2, 0.25) is 5.79 Å².